The molecule has 61 valence electrons. The zero-order valence-electron chi connectivity index (χ0n) is 6.62. The zero-order chi connectivity index (χ0) is 8.39. The number of fused-ring (bicyclic) bond motifs is 1. The highest BCUT2D eigenvalue weighted by Crippen LogP contribution is 2.31. The number of para-hydroxylation sites is 1. The third-order valence-electron chi connectivity index (χ3n) is 2.10. The first-order valence-corrected chi connectivity index (χ1v) is 4.01. The minimum absolute atomic E-state index is 0.0880. The van der Waals surface area contributed by atoms with Gasteiger partial charge in [0, 0.05) is 5.56 Å². The minimum atomic E-state index is -0.0880. The Balaban J connectivity index is 2.43. The Kier molecular flexibility index (Phi) is 1.82. The molecular weight excluding hydrogens is 152 g/mol. The van der Waals surface area contributed by atoms with E-state index in [4.69, 9.17) is 4.74 Å². The molecule has 1 unspecified atom stereocenters. The maximum absolute atomic E-state index is 10.5. The Hall–Kier alpha value is -1.31. The van der Waals surface area contributed by atoms with Crippen molar-refractivity contribution in [2.45, 2.75) is 12.3 Å². The highest BCUT2D eigenvalue weighted by Gasteiger charge is 2.20. The largest absolute Gasteiger partial charge is 0.493 e. The van der Waals surface area contributed by atoms with E-state index in [0.29, 0.717) is 6.61 Å². The molecule has 0 bridgehead atoms. The van der Waals surface area contributed by atoms with Crippen molar-refractivity contribution in [3.63, 3.8) is 0 Å². The van der Waals surface area contributed by atoms with Gasteiger partial charge in [-0.05, 0) is 12.5 Å². The molecule has 0 saturated heterocycles. The minimum Gasteiger partial charge on any atom is -0.493 e. The summed E-state index contributed by atoms with van der Waals surface area (Å²) in [6.07, 6.45) is 2.78. The van der Waals surface area contributed by atoms with Gasteiger partial charge in [0.15, 0.2) is 0 Å². The number of rotatable bonds is 1. The molecule has 1 atom stereocenters. The Labute approximate surface area is 71.2 Å². The average Bonchev–Trinajstić information content (AvgIpc) is 2.17. The van der Waals surface area contributed by atoms with E-state index < -0.39 is 0 Å². The number of hydrogen-bond acceptors (Lipinski definition) is 2. The van der Waals surface area contributed by atoms with Crippen molar-refractivity contribution in [3.8, 4) is 5.75 Å². The second-order valence-electron chi connectivity index (χ2n) is 2.85. The highest BCUT2D eigenvalue weighted by atomic mass is 16.5. The lowest BCUT2D eigenvalue weighted by molar-refractivity contribution is 0.280. The van der Waals surface area contributed by atoms with E-state index >= 15 is 0 Å². The quantitative estimate of drug-likeness (QED) is 0.626. The summed E-state index contributed by atoms with van der Waals surface area (Å²) < 4.78 is 5.38. The molecule has 0 aliphatic carbocycles. The van der Waals surface area contributed by atoms with Gasteiger partial charge in [-0.25, -0.2) is 0 Å². The van der Waals surface area contributed by atoms with Gasteiger partial charge in [-0.15, -0.1) is 0 Å². The molecule has 0 N–H and O–H groups in total. The smallest absolute Gasteiger partial charge is 0.206 e. The van der Waals surface area contributed by atoms with Crippen LogP contribution in [0.15, 0.2) is 24.3 Å². The van der Waals surface area contributed by atoms with Gasteiger partial charge in [-0.3, -0.25) is 4.79 Å². The summed E-state index contributed by atoms with van der Waals surface area (Å²) in [5, 5.41) is 0. The van der Waals surface area contributed by atoms with E-state index in [0.717, 1.165) is 17.7 Å². The lowest BCUT2D eigenvalue weighted by Crippen LogP contribution is -2.14. The van der Waals surface area contributed by atoms with Gasteiger partial charge >= 0.3 is 0 Å². The molecule has 0 amide bonds. The fourth-order valence-corrected chi connectivity index (χ4v) is 1.46. The summed E-state index contributed by atoms with van der Waals surface area (Å²) in [6.45, 7) is 0.622. The predicted octanol–water partition coefficient (Wildman–Crippen LogP) is 1.66. The van der Waals surface area contributed by atoms with Gasteiger partial charge in [0.25, 0.3) is 0 Å². The molecule has 0 spiro atoms. The van der Waals surface area contributed by atoms with E-state index in [1.54, 1.807) is 0 Å². The van der Waals surface area contributed by atoms with Crippen molar-refractivity contribution in [3.05, 3.63) is 29.8 Å². The van der Waals surface area contributed by atoms with Gasteiger partial charge in [0.1, 0.15) is 5.75 Å². The van der Waals surface area contributed by atoms with Crippen LogP contribution in [0.5, 0.6) is 5.75 Å². The highest BCUT2D eigenvalue weighted by molar-refractivity contribution is 5.65. The van der Waals surface area contributed by atoms with Crippen LogP contribution in [0.25, 0.3) is 0 Å². The van der Waals surface area contributed by atoms with Crippen LogP contribution in [0.1, 0.15) is 17.9 Å². The van der Waals surface area contributed by atoms with Crippen LogP contribution in [-0.2, 0) is 4.79 Å². The second kappa shape index (κ2) is 2.97. The van der Waals surface area contributed by atoms with Gasteiger partial charge < -0.3 is 4.74 Å². The maximum Gasteiger partial charge on any atom is 0.206 e. The van der Waals surface area contributed by atoms with Crippen LogP contribution in [-0.4, -0.2) is 12.9 Å². The van der Waals surface area contributed by atoms with E-state index in [-0.39, 0.29) is 5.92 Å². The first-order valence-electron chi connectivity index (χ1n) is 4.01. The lowest BCUT2D eigenvalue weighted by Gasteiger charge is -2.20. The standard InChI is InChI=1S/C10H9O2/c11-7-8-5-6-12-10-4-2-1-3-9(8)10/h1-4,8H,5-6H2. The summed E-state index contributed by atoms with van der Waals surface area (Å²) in [7, 11) is 0. The molecule has 1 aliphatic rings. The molecule has 2 rings (SSSR count). The van der Waals surface area contributed by atoms with E-state index in [1.165, 1.54) is 0 Å². The summed E-state index contributed by atoms with van der Waals surface area (Å²) in [4.78, 5) is 10.5. The van der Waals surface area contributed by atoms with E-state index in [2.05, 4.69) is 0 Å². The molecule has 1 aromatic rings. The van der Waals surface area contributed by atoms with Gasteiger partial charge in [0.2, 0.25) is 6.29 Å². The fraction of sp³-hybridized carbons (Fsp3) is 0.300. The molecule has 1 aliphatic heterocycles. The van der Waals surface area contributed by atoms with Gasteiger partial charge in [0.05, 0.1) is 12.5 Å². The molecule has 12 heavy (non-hydrogen) atoms. The number of ether oxygens (including phenoxy) is 1. The Morgan fingerprint density at radius 2 is 2.25 bits per heavy atom. The van der Waals surface area contributed by atoms with Crippen LogP contribution in [0, 0.1) is 0 Å². The third-order valence-corrected chi connectivity index (χ3v) is 2.10. The molecule has 0 saturated carbocycles. The zero-order valence-corrected chi connectivity index (χ0v) is 6.62. The topological polar surface area (TPSA) is 26.3 Å². The summed E-state index contributed by atoms with van der Waals surface area (Å²) in [5.74, 6) is 0.743. The van der Waals surface area contributed by atoms with Crippen molar-refractivity contribution in [2.24, 2.45) is 0 Å². The van der Waals surface area contributed by atoms with Crippen LogP contribution in [0.2, 0.25) is 0 Å². The summed E-state index contributed by atoms with van der Waals surface area (Å²) >= 11 is 0. The molecule has 1 aromatic carbocycles. The maximum atomic E-state index is 10.5. The molecule has 2 heteroatoms. The average molecular weight is 161 g/mol. The fourth-order valence-electron chi connectivity index (χ4n) is 1.46. The van der Waals surface area contributed by atoms with Crippen molar-refractivity contribution in [2.75, 3.05) is 6.61 Å². The van der Waals surface area contributed by atoms with Crippen LogP contribution < -0.4 is 4.74 Å². The Morgan fingerprint density at radius 1 is 1.42 bits per heavy atom. The first-order chi connectivity index (χ1) is 5.92. The molecular formula is C10H9O2. The predicted molar refractivity (Wildman–Crippen MR) is 45.0 cm³/mol. The number of benzene rings is 1. The SMILES string of the molecule is O=[C]C1CCOc2ccccc21. The number of hydrogen-bond donors (Lipinski definition) is 0. The van der Waals surface area contributed by atoms with Gasteiger partial charge in [-0.1, -0.05) is 18.2 Å². The number of carbonyl (C=O) groups excluding carboxylic acids is 1. The van der Waals surface area contributed by atoms with E-state index in [9.17, 15) is 4.79 Å². The summed E-state index contributed by atoms with van der Waals surface area (Å²) in [6, 6.07) is 7.63. The second-order valence-corrected chi connectivity index (χ2v) is 2.85. The van der Waals surface area contributed by atoms with Crippen LogP contribution in [0.4, 0.5) is 0 Å². The van der Waals surface area contributed by atoms with Gasteiger partial charge in [-0.2, -0.15) is 0 Å². The van der Waals surface area contributed by atoms with E-state index in [1.807, 2.05) is 30.6 Å². The molecule has 1 radical (unpaired) electrons. The normalized spacial score (nSPS) is 20.8. The third kappa shape index (κ3) is 1.09. The first kappa shape index (κ1) is 7.35. The molecule has 0 aromatic heterocycles. The Morgan fingerprint density at radius 3 is 3.08 bits per heavy atom. The van der Waals surface area contributed by atoms with Crippen molar-refractivity contribution >= 4 is 6.29 Å². The lowest BCUT2D eigenvalue weighted by atomic mass is 9.95. The van der Waals surface area contributed by atoms with Crippen LogP contribution in [0.3, 0.4) is 0 Å². The molecule has 1 heterocycles. The van der Waals surface area contributed by atoms with Crippen molar-refractivity contribution in [1.82, 2.24) is 0 Å². The monoisotopic (exact) mass is 161 g/mol. The Bertz CT molecular complexity index is 294. The van der Waals surface area contributed by atoms with Crippen molar-refractivity contribution in [1.29, 1.82) is 0 Å². The summed E-state index contributed by atoms with van der Waals surface area (Å²) in [5.41, 5.74) is 0.971. The molecule has 2 nitrogen and oxygen atoms in total. The van der Waals surface area contributed by atoms with Crippen LogP contribution >= 0.6 is 0 Å². The van der Waals surface area contributed by atoms with Crippen molar-refractivity contribution < 1.29 is 9.53 Å². The molecule has 0 fully saturated rings.